The summed E-state index contributed by atoms with van der Waals surface area (Å²) >= 11 is 18.6. The van der Waals surface area contributed by atoms with Crippen molar-refractivity contribution < 1.29 is 125 Å². The van der Waals surface area contributed by atoms with Gasteiger partial charge in [-0.15, -0.1) is 6.42 Å². The van der Waals surface area contributed by atoms with Crippen molar-refractivity contribution in [2.75, 3.05) is 7.11 Å². The van der Waals surface area contributed by atoms with Crippen LogP contribution >= 0.6 is 34.8 Å². The third kappa shape index (κ3) is 39.0. The van der Waals surface area contributed by atoms with Crippen molar-refractivity contribution in [1.82, 2.24) is 76.1 Å². The Morgan fingerprint density at radius 3 is 0.953 bits per heavy atom. The maximum absolute atomic E-state index is 13.5. The van der Waals surface area contributed by atoms with E-state index in [2.05, 4.69) is 56.9 Å². The Kier molecular flexibility index (Phi) is 45.4. The summed E-state index contributed by atoms with van der Waals surface area (Å²) in [5.41, 5.74) is 10.8. The molecule has 3 aromatic heterocycles. The molecule has 44 heteroatoms. The predicted octanol–water partition coefficient (Wildman–Crippen LogP) is 11.5. The summed E-state index contributed by atoms with van der Waals surface area (Å²) in [5, 5.41) is 58.1. The Balaban J connectivity index is 0.000000249. The molecule has 148 heavy (non-hydrogen) atoms. The SMILES string of the molecule is C#CC(=O)[C@H](C)NC(=O)OC(C)(C)C.CC(=O)O[C@@H](C(=O)N[C@@H](C)c1ccn(Cc2ccccc2Cl)n1)[C@@H](OC(C)=O)C(=O)N1Cc2ccccc2C1.CC(=O)O[C@@H](C(=O)O)[C@@H](OC(C)=O)C(=O)N1Cc2ccccc2C1.CONC(=O)[C@H](C)NC(=O)OC(C)(C)C.C[C@H](NC(=O)OC(C)(C)C)c1ccn(Cc2ccccc2Cl)n1.C[C@H](NC(=O)[C@H](O)[C@@H](O)C(=O)N1Cc2ccccc2C1)c1ccn(Cc2ccccc2Cl)n1. The summed E-state index contributed by atoms with van der Waals surface area (Å²) in [4.78, 5) is 187. The Bertz CT molecular complexity index is 6120. The molecule has 9 N–H and O–H groups in total. The number of hydrogen-bond donors (Lipinski definition) is 9. The molecule has 0 spiro atoms. The molecule has 0 saturated heterocycles. The number of ether oxygens (including phenoxy) is 7. The van der Waals surface area contributed by atoms with Crippen LogP contribution in [0.15, 0.2) is 182 Å². The maximum Gasteiger partial charge on any atom is 0.408 e. The van der Waals surface area contributed by atoms with E-state index in [1.165, 1.54) is 35.7 Å². The van der Waals surface area contributed by atoms with Crippen LogP contribution in [0.4, 0.5) is 14.4 Å². The number of carbonyl (C=O) groups excluding carboxylic acids is 14. The van der Waals surface area contributed by atoms with Crippen molar-refractivity contribution in [3.63, 3.8) is 0 Å². The number of fused-ring (bicyclic) bond motifs is 3. The van der Waals surface area contributed by atoms with Crippen LogP contribution in [0.1, 0.15) is 210 Å². The van der Waals surface area contributed by atoms with Gasteiger partial charge in [-0.3, -0.25) is 71.6 Å². The third-order valence-electron chi connectivity index (χ3n) is 21.2. The van der Waals surface area contributed by atoms with Gasteiger partial charge in [0.2, 0.25) is 30.2 Å². The fraction of sp³-hybridized carbons (Fsp3) is 0.404. The number of terminal acetylenes is 1. The van der Waals surface area contributed by atoms with Gasteiger partial charge in [-0.25, -0.2) is 24.7 Å². The molecule has 12 rings (SSSR count). The number of hydroxylamine groups is 1. The molecule has 6 heterocycles. The van der Waals surface area contributed by atoms with E-state index in [9.17, 15) is 87.2 Å². The first kappa shape index (κ1) is 120. The summed E-state index contributed by atoms with van der Waals surface area (Å²) in [6.07, 6.45) is -2.22. The number of ketones is 1. The lowest BCUT2D eigenvalue weighted by molar-refractivity contribution is -0.183. The number of carboxylic acids is 1. The summed E-state index contributed by atoms with van der Waals surface area (Å²) in [7, 11) is 1.32. The molecular weight excluding hydrogens is 1980 g/mol. The average molecular weight is 2110 g/mol. The zero-order chi connectivity index (χ0) is 110. The van der Waals surface area contributed by atoms with Gasteiger partial charge in [-0.2, -0.15) is 15.3 Å². The highest BCUT2D eigenvalue weighted by molar-refractivity contribution is 6.32. The largest absolute Gasteiger partial charge is 0.478 e. The first-order valence-electron chi connectivity index (χ1n) is 46.6. The predicted molar refractivity (Wildman–Crippen MR) is 540 cm³/mol. The minimum absolute atomic E-state index is 0.239. The van der Waals surface area contributed by atoms with Crippen molar-refractivity contribution in [3.05, 3.63) is 265 Å². The van der Waals surface area contributed by atoms with Gasteiger partial charge in [0.25, 0.3) is 35.4 Å². The standard InChI is InChI=1S/C28H29ClN4O6.C24H25ClN4O4.C17H22ClN3O2.C16H17NO7.C10H15NO3.C9H18N2O4/c1-17(24-12-13-33(31-24)16-22-10-6-7-11-23(22)29)30-27(36)25(38-18(2)34)26(39-19(3)35)28(37)32-14-20-8-4-5-9-21(20)15-32;1-15(20-10-11-29(27-20)14-18-8-4-5-9-19(18)25)26-23(32)21(30)22(31)24(33)28-12-16-6-2-3-7-17(16)13-28;1-12(19-16(22)23-17(2,3)4)15-9-10-21(20-15)11-13-7-5-6-8-14(13)18;1-9(18)23-13(14(16(21)22)24-10(2)19)15(20)17-7-11-5-3-4-6-12(11)8-17;1-6-8(12)7(2)11-9(13)14-10(3,4)5;1-6(7(12)11-14-5)10-8(13)15-9(2,3)4/h4-13,17,25-26H,14-16H2,1-3H3,(H,30,36);2-11,15,21-22,30-31H,12-14H2,1H3,(H,26,32);5-10,12H,11H2,1-4H3,(H,19,22);3-6,13-14H,7-8H2,1-2H3,(H,21,22);1,7H,2-5H3,(H,11,13);6H,1-5H3,(H,10,13)(H,11,12)/t17-,25+,26+;15-,21+,22+;12-;13-,14-;7-;6-/m000100/s1. The van der Waals surface area contributed by atoms with E-state index in [1.807, 2.05) is 179 Å². The number of nitrogens with one attached hydrogen (secondary N) is 6. The van der Waals surface area contributed by atoms with Crippen LogP contribution in [0.5, 0.6) is 0 Å². The number of benzene rings is 6. The molecule has 9 aromatic rings. The number of alkyl carbamates (subject to hydrolysis) is 3. The third-order valence-corrected chi connectivity index (χ3v) is 22.3. The molecule has 0 radical (unpaired) electrons. The molecule has 0 bridgehead atoms. The number of aromatic nitrogens is 6. The van der Waals surface area contributed by atoms with Crippen LogP contribution in [0, 0.1) is 12.3 Å². The molecule has 0 unspecified atom stereocenters. The van der Waals surface area contributed by atoms with Crippen LogP contribution < -0.4 is 32.1 Å². The minimum atomic E-state index is -1.90. The molecule has 794 valence electrons. The molecule has 0 aliphatic carbocycles. The zero-order valence-electron chi connectivity index (χ0n) is 85.5. The number of aliphatic carboxylic acids is 1. The first-order chi connectivity index (χ1) is 69.5. The van der Waals surface area contributed by atoms with E-state index in [-0.39, 0.29) is 32.2 Å². The lowest BCUT2D eigenvalue weighted by atomic mass is 10.1. The average Bonchev–Trinajstić information content (AvgIpc) is 1.63. The first-order valence-corrected chi connectivity index (χ1v) is 47.7. The van der Waals surface area contributed by atoms with Gasteiger partial charge in [-0.05, 0) is 189 Å². The zero-order valence-corrected chi connectivity index (χ0v) is 87.8. The molecule has 6 aromatic carbocycles. The van der Waals surface area contributed by atoms with Crippen LogP contribution in [-0.2, 0) is 154 Å². The minimum Gasteiger partial charge on any atom is -0.478 e. The van der Waals surface area contributed by atoms with Crippen LogP contribution in [0.2, 0.25) is 15.1 Å². The van der Waals surface area contributed by atoms with Gasteiger partial charge < -0.3 is 89.8 Å². The van der Waals surface area contributed by atoms with E-state index >= 15 is 0 Å². The van der Waals surface area contributed by atoms with Gasteiger partial charge >= 0.3 is 48.1 Å². The van der Waals surface area contributed by atoms with E-state index in [1.54, 1.807) is 106 Å². The Morgan fingerprint density at radius 2 is 0.649 bits per heavy atom. The van der Waals surface area contributed by atoms with Gasteiger partial charge in [-0.1, -0.05) is 162 Å². The van der Waals surface area contributed by atoms with Gasteiger partial charge in [0, 0.05) is 101 Å². The van der Waals surface area contributed by atoms with Gasteiger partial charge in [0.05, 0.1) is 62.0 Å². The number of Topliss-reactive ketones (excluding diaryl/α,β-unsaturated/α-hetero) is 1. The fourth-order valence-electron chi connectivity index (χ4n) is 14.2. The molecule has 0 fully saturated rings. The molecule has 3 aliphatic heterocycles. The molecule has 9 amide bonds. The second kappa shape index (κ2) is 56.0. The van der Waals surface area contributed by atoms with Crippen molar-refractivity contribution in [2.45, 2.75) is 267 Å². The highest BCUT2D eigenvalue weighted by Gasteiger charge is 2.46. The maximum atomic E-state index is 13.5. The molecule has 3 aliphatic rings. The summed E-state index contributed by atoms with van der Waals surface area (Å²) in [5.74, 6) is -7.59. The number of aliphatic hydroxyl groups is 2. The van der Waals surface area contributed by atoms with Crippen LogP contribution in [0.3, 0.4) is 0 Å². The van der Waals surface area contributed by atoms with Crippen molar-refractivity contribution in [3.8, 4) is 12.3 Å². The topological polar surface area (TPSA) is 526 Å². The van der Waals surface area contributed by atoms with Crippen molar-refractivity contribution in [1.29, 1.82) is 0 Å². The summed E-state index contributed by atoms with van der Waals surface area (Å²) < 4.78 is 40.4. The van der Waals surface area contributed by atoms with E-state index in [4.69, 9.17) is 69.6 Å². The number of carboxylic acid groups (broad SMARTS) is 1. The highest BCUT2D eigenvalue weighted by atomic mass is 35.5. The summed E-state index contributed by atoms with van der Waals surface area (Å²) in [6, 6.07) is 47.5. The Hall–Kier alpha value is -15.1. The van der Waals surface area contributed by atoms with Crippen LogP contribution in [0.25, 0.3) is 0 Å². The van der Waals surface area contributed by atoms with E-state index < -0.39 is 167 Å². The smallest absolute Gasteiger partial charge is 0.408 e. The van der Waals surface area contributed by atoms with Gasteiger partial charge in [0.1, 0.15) is 28.9 Å². The van der Waals surface area contributed by atoms with Crippen molar-refractivity contribution in [2.24, 2.45) is 0 Å². The molecule has 11 atom stereocenters. The number of amides is 9. The fourth-order valence-corrected chi connectivity index (χ4v) is 14.8. The molecular formula is C104H126Cl3N15O26. The quantitative estimate of drug-likeness (QED) is 0.00664. The number of carbonyl (C=O) groups is 15. The lowest BCUT2D eigenvalue weighted by Gasteiger charge is -2.28. The number of nitrogens with zero attached hydrogens (tertiary/aromatic N) is 9. The second-order valence-electron chi connectivity index (χ2n) is 37.1. The number of esters is 4. The van der Waals surface area contributed by atoms with E-state index in [0.29, 0.717) is 59.2 Å². The van der Waals surface area contributed by atoms with Gasteiger partial charge in [0.15, 0.2) is 12.2 Å². The lowest BCUT2D eigenvalue weighted by Crippen LogP contribution is -2.53. The number of aliphatic hydroxyl groups excluding tert-OH is 2. The molecule has 41 nitrogen and oxygen atoms in total. The summed E-state index contributed by atoms with van der Waals surface area (Å²) in [6.45, 7) is 31.7. The van der Waals surface area contributed by atoms with E-state index in [0.717, 1.165) is 83.5 Å². The van der Waals surface area contributed by atoms with Crippen LogP contribution in [-0.4, -0.2) is 221 Å². The monoisotopic (exact) mass is 2110 g/mol. The second-order valence-corrected chi connectivity index (χ2v) is 38.3. The number of hydrogen-bond acceptors (Lipinski definition) is 28. The molecule has 0 saturated carbocycles. The number of halogens is 3. The normalized spacial score (nSPS) is 14.2. The highest BCUT2D eigenvalue weighted by Crippen LogP contribution is 2.30. The number of rotatable bonds is 30. The Labute approximate surface area is 871 Å². The Morgan fingerprint density at radius 1 is 0.372 bits per heavy atom. The van der Waals surface area contributed by atoms with Crippen molar-refractivity contribution >= 4 is 124 Å².